The molecule has 0 aromatic heterocycles. The fraction of sp³-hybridized carbons (Fsp3) is 0.929. The largest absolute Gasteiger partial charge is 0.394 e. The number of nitrogens with zero attached hydrogens (tertiary/aromatic N) is 4. The molecule has 0 aromatic rings. The van der Waals surface area contributed by atoms with Gasteiger partial charge >= 0.3 is 5.97 Å². The highest BCUT2D eigenvalue weighted by Crippen LogP contribution is 2.36. The molecule has 9 aliphatic rings. The van der Waals surface area contributed by atoms with Crippen LogP contribution >= 0.6 is 0 Å². The van der Waals surface area contributed by atoms with Crippen LogP contribution in [0.3, 0.4) is 0 Å². The number of imide groups is 1. The Hall–Kier alpha value is -4.78. The lowest BCUT2D eigenvalue weighted by molar-refractivity contribution is -0.366. The number of ether oxygens (including phenoxy) is 16. The first-order valence-electron chi connectivity index (χ1n) is 47.4. The van der Waals surface area contributed by atoms with E-state index in [0.29, 0.717) is 82.4 Å². The standard InChI is InChI=1S/C84H147N7O49/c1-39-53(102)61(110)67(116)77(130-39)124-26-22-88(24-28-126-81-73(122)75(138-83-71(120)65(114)57(106)43(35-94)134-83)59(108)45(136-81)37-128-79-69(118)63(112)55(104)41(33-92)132-79)20-12-5-3-9-17-85-47(96)30-90(32-49(98)87-19-11-7-8-14-52(101)140-91-50(99)15-16-51(91)100)31-48(97)86-18-10-4-6-13-21-89(23-27-125-78-68(117)62(111)54(103)40(2)131-78)25-29-127-82-74(123)76(139-84-72(121)66(115)58(107)44(36-95)135-84)60(109)46(137-82)38-129-80-70(119)64(113)56(105)42(34-93)133-80/h39-46,53-84,92-95,102-123H,3-38H2,1-2H3,(H,85,96)(H,86,97)(H,87,98)/t39-,40-,41+,42+,43+,44+,45+,46+,53+,54+,55+,56+,57+,58+,59+,60+,61+,62+,63-,64-,65-,66-,67-,68-,69-,70-,71-,72-,73-,74-,75-,76-,77+,78+,79-,80-,81-,82-,83+,84+/m0/s1. The fourth-order valence-corrected chi connectivity index (χ4v) is 16.9. The summed E-state index contributed by atoms with van der Waals surface area (Å²) in [5, 5.41) is 285. The minimum absolute atomic E-state index is 0.0243. The molecule has 0 aromatic carbocycles. The number of aliphatic hydroxyl groups excluding tert-OH is 26. The number of rotatable bonds is 57. The summed E-state index contributed by atoms with van der Waals surface area (Å²) in [7, 11) is 0. The molecule has 812 valence electrons. The van der Waals surface area contributed by atoms with E-state index < -0.39 is 340 Å². The van der Waals surface area contributed by atoms with Crippen molar-refractivity contribution in [1.82, 2.24) is 35.7 Å². The highest BCUT2D eigenvalue weighted by Gasteiger charge is 2.56. The molecule has 40 atom stereocenters. The Kier molecular flexibility index (Phi) is 49.9. The minimum atomic E-state index is -2.02. The predicted octanol–water partition coefficient (Wildman–Crippen LogP) is -16.9. The van der Waals surface area contributed by atoms with Gasteiger partial charge in [-0.25, -0.2) is 4.79 Å². The third-order valence-electron chi connectivity index (χ3n) is 25.6. The Morgan fingerprint density at radius 1 is 0.300 bits per heavy atom. The van der Waals surface area contributed by atoms with Crippen LogP contribution < -0.4 is 16.0 Å². The fourth-order valence-electron chi connectivity index (χ4n) is 16.9. The molecule has 9 aliphatic heterocycles. The number of carbonyl (C=O) groups is 6. The molecule has 9 fully saturated rings. The van der Waals surface area contributed by atoms with Gasteiger partial charge in [0.05, 0.1) is 97.9 Å². The molecule has 0 bridgehead atoms. The molecule has 9 heterocycles. The second kappa shape index (κ2) is 58.8. The Bertz CT molecular complexity index is 3430. The zero-order valence-corrected chi connectivity index (χ0v) is 77.9. The molecule has 29 N–H and O–H groups in total. The maximum absolute atomic E-state index is 13.7. The van der Waals surface area contributed by atoms with Crippen molar-refractivity contribution < 1.29 is 242 Å². The van der Waals surface area contributed by atoms with Crippen LogP contribution in [0.2, 0.25) is 0 Å². The molecular formula is C84H147N7O49. The highest BCUT2D eigenvalue weighted by atomic mass is 16.8. The van der Waals surface area contributed by atoms with Crippen molar-refractivity contribution in [3.63, 3.8) is 0 Å². The van der Waals surface area contributed by atoms with Crippen LogP contribution in [-0.2, 0) is 109 Å². The van der Waals surface area contributed by atoms with Crippen LogP contribution in [-0.4, -0.2) is 578 Å². The van der Waals surface area contributed by atoms with Gasteiger partial charge in [-0.1, -0.05) is 32.1 Å². The Morgan fingerprint density at radius 3 is 0.893 bits per heavy atom. The first-order chi connectivity index (χ1) is 66.7. The van der Waals surface area contributed by atoms with Gasteiger partial charge in [0, 0.05) is 65.1 Å². The lowest BCUT2D eigenvalue weighted by Crippen LogP contribution is -2.65. The normalized spacial score (nSPS) is 39.0. The molecule has 56 nitrogen and oxygen atoms in total. The number of unbranched alkanes of at least 4 members (excludes halogenated alkanes) is 8. The molecule has 9 rings (SSSR count). The maximum Gasteiger partial charge on any atom is 0.333 e. The van der Waals surface area contributed by atoms with Crippen molar-refractivity contribution in [3.05, 3.63) is 0 Å². The van der Waals surface area contributed by atoms with E-state index in [1.165, 1.54) is 18.7 Å². The average molecular weight is 2040 g/mol. The van der Waals surface area contributed by atoms with Gasteiger partial charge in [-0.2, -0.15) is 0 Å². The van der Waals surface area contributed by atoms with E-state index in [-0.39, 0.29) is 97.9 Å². The number of hydroxylamine groups is 2. The third kappa shape index (κ3) is 33.6. The van der Waals surface area contributed by atoms with Gasteiger partial charge in [0.2, 0.25) is 17.7 Å². The smallest absolute Gasteiger partial charge is 0.333 e. The topological polar surface area (TPSA) is 834 Å². The van der Waals surface area contributed by atoms with Gasteiger partial charge in [-0.05, 0) is 65.5 Å². The predicted molar refractivity (Wildman–Crippen MR) is 458 cm³/mol. The van der Waals surface area contributed by atoms with Crippen molar-refractivity contribution in [2.75, 3.05) is 145 Å². The monoisotopic (exact) mass is 2040 g/mol. The van der Waals surface area contributed by atoms with Gasteiger partial charge in [0.1, 0.15) is 183 Å². The van der Waals surface area contributed by atoms with Crippen LogP contribution in [0.4, 0.5) is 0 Å². The van der Waals surface area contributed by atoms with E-state index in [1.54, 1.807) is 0 Å². The highest BCUT2D eigenvalue weighted by molar-refractivity contribution is 6.01. The number of hydrogen-bond acceptors (Lipinski definition) is 52. The summed E-state index contributed by atoms with van der Waals surface area (Å²) in [5.41, 5.74) is 0. The van der Waals surface area contributed by atoms with Crippen LogP contribution in [0, 0.1) is 0 Å². The van der Waals surface area contributed by atoms with Crippen molar-refractivity contribution in [1.29, 1.82) is 0 Å². The summed E-state index contributed by atoms with van der Waals surface area (Å²) in [6.07, 6.45) is -63.1. The van der Waals surface area contributed by atoms with E-state index >= 15 is 0 Å². The molecular weight excluding hydrogens is 1890 g/mol. The lowest BCUT2D eigenvalue weighted by atomic mass is 9.96. The summed E-state index contributed by atoms with van der Waals surface area (Å²) in [4.78, 5) is 87.2. The van der Waals surface area contributed by atoms with Crippen LogP contribution in [0.25, 0.3) is 0 Å². The van der Waals surface area contributed by atoms with Crippen molar-refractivity contribution in [2.24, 2.45) is 0 Å². The summed E-state index contributed by atoms with van der Waals surface area (Å²) in [6.45, 7) is -2.79. The molecule has 0 aliphatic carbocycles. The van der Waals surface area contributed by atoms with Crippen LogP contribution in [0.5, 0.6) is 0 Å². The Morgan fingerprint density at radius 2 is 0.571 bits per heavy atom. The van der Waals surface area contributed by atoms with Crippen molar-refractivity contribution >= 4 is 35.5 Å². The minimum Gasteiger partial charge on any atom is -0.394 e. The summed E-state index contributed by atoms with van der Waals surface area (Å²) >= 11 is 0. The molecule has 140 heavy (non-hydrogen) atoms. The molecule has 0 radical (unpaired) electrons. The number of aliphatic hydroxyl groups is 26. The first kappa shape index (κ1) is 119. The van der Waals surface area contributed by atoms with E-state index in [2.05, 4.69) is 16.0 Å². The number of nitrogens with one attached hydrogen (secondary N) is 3. The zero-order valence-electron chi connectivity index (χ0n) is 77.9. The number of hydrogen-bond donors (Lipinski definition) is 29. The average Bonchev–Trinajstić information content (AvgIpc) is 0.860. The zero-order chi connectivity index (χ0) is 102. The molecule has 0 unspecified atom stereocenters. The third-order valence-corrected chi connectivity index (χ3v) is 25.6. The molecule has 56 heteroatoms. The van der Waals surface area contributed by atoms with Gasteiger partial charge < -0.3 is 229 Å². The second-order valence-corrected chi connectivity index (χ2v) is 36.1. The maximum atomic E-state index is 13.7. The number of amides is 5. The Labute approximate surface area is 804 Å². The van der Waals surface area contributed by atoms with E-state index in [9.17, 15) is 162 Å². The summed E-state index contributed by atoms with van der Waals surface area (Å²) in [6, 6.07) is 0. The van der Waals surface area contributed by atoms with Crippen molar-refractivity contribution in [3.8, 4) is 0 Å². The lowest BCUT2D eigenvalue weighted by Gasteiger charge is -2.46. The van der Waals surface area contributed by atoms with Crippen LogP contribution in [0.1, 0.15) is 104 Å². The van der Waals surface area contributed by atoms with E-state index in [1.807, 2.05) is 9.80 Å². The summed E-state index contributed by atoms with van der Waals surface area (Å²) in [5.74, 6) is -3.72. The van der Waals surface area contributed by atoms with Gasteiger partial charge in [0.15, 0.2) is 50.3 Å². The molecule has 9 saturated heterocycles. The van der Waals surface area contributed by atoms with Gasteiger partial charge in [-0.15, -0.1) is 5.06 Å². The molecule has 0 saturated carbocycles. The first-order valence-corrected chi connectivity index (χ1v) is 47.4. The second-order valence-electron chi connectivity index (χ2n) is 36.1. The number of carbonyl (C=O) groups excluding carboxylic acids is 6. The quantitative estimate of drug-likeness (QED) is 0.0199. The molecule has 0 spiro atoms. The Balaban J connectivity index is 0.783. The van der Waals surface area contributed by atoms with Crippen molar-refractivity contribution in [2.45, 2.75) is 349 Å². The van der Waals surface area contributed by atoms with Gasteiger partial charge in [0.25, 0.3) is 11.8 Å². The molecule has 5 amide bonds. The van der Waals surface area contributed by atoms with Gasteiger partial charge in [-0.3, -0.25) is 38.7 Å². The van der Waals surface area contributed by atoms with E-state index in [4.69, 9.17) is 80.6 Å². The van der Waals surface area contributed by atoms with E-state index in [0.717, 1.165) is 0 Å². The SMILES string of the molecule is C[C@@H]1O[C@@H](OCCN(CCCCCCNC(=O)CN(CC(=O)NCCCCCCN(CCO[C@@H]2O[C@@H](C)[C@@H](O)[C@@H](O)[C@@H]2O)CCO[C@H]2O[C@H](CO[C@H]3O[C@H](CO)[C@@H](O)[C@H](O)[C@@H]3O)[C@@H](O)[C@H](O[C@H]3O[C@H](CO)[C@@H](O)[C@H](O)[C@@H]3O)[C@@H]2O)CC(=O)NCCCCCC(=O)ON2C(=O)CCC2=O)CCO[C@H]2O[C@H](CO[C@H]3O[C@H](CO)[C@@H](O)[C@H](O)[C@@H]3O)[C@@H](O)[C@H](O[C@H]3O[C@H](CO)[C@@H](O)[C@H](O)[C@@H]3O)[C@@H]2O)[C@@H](O)[C@H](O)[C@@H]1O. The summed E-state index contributed by atoms with van der Waals surface area (Å²) < 4.78 is 92.0. The van der Waals surface area contributed by atoms with Crippen LogP contribution in [0.15, 0.2) is 0 Å².